The van der Waals surface area contributed by atoms with Crippen LogP contribution in [0.15, 0.2) is 46.0 Å². The Balaban J connectivity index is 2.43. The zero-order valence-electron chi connectivity index (χ0n) is 9.83. The minimum absolute atomic E-state index is 0.139. The molecule has 1 aromatic carbocycles. The first-order valence-corrected chi connectivity index (χ1v) is 6.03. The smallest absolute Gasteiger partial charge is 0.253 e. The van der Waals surface area contributed by atoms with Gasteiger partial charge in [-0.3, -0.25) is 14.2 Å². The molecule has 4 nitrogen and oxygen atoms in total. The Hall–Kier alpha value is -1.94. The van der Waals surface area contributed by atoms with Crippen molar-refractivity contribution < 1.29 is 4.74 Å². The maximum atomic E-state index is 12.1. The quantitative estimate of drug-likeness (QED) is 0.765. The van der Waals surface area contributed by atoms with Gasteiger partial charge in [-0.05, 0) is 31.0 Å². The number of ether oxygens (including phenoxy) is 1. The summed E-state index contributed by atoms with van der Waals surface area (Å²) in [5, 5.41) is 0.551. The van der Waals surface area contributed by atoms with E-state index >= 15 is 0 Å². The van der Waals surface area contributed by atoms with Crippen molar-refractivity contribution in [2.75, 3.05) is 6.61 Å². The molecule has 1 aliphatic heterocycles. The number of benzene rings is 1. The van der Waals surface area contributed by atoms with Gasteiger partial charge < -0.3 is 4.74 Å². The van der Waals surface area contributed by atoms with Crippen molar-refractivity contribution in [2.24, 2.45) is 0 Å². The van der Waals surface area contributed by atoms with E-state index in [0.717, 1.165) is 12.8 Å². The van der Waals surface area contributed by atoms with Crippen LogP contribution in [0, 0.1) is 0 Å². The number of fused-ring (bicyclic) bond motifs is 1. The first kappa shape index (κ1) is 11.2. The second kappa shape index (κ2) is 4.38. The molecular weight excluding hydrogens is 230 g/mol. The van der Waals surface area contributed by atoms with E-state index in [0.29, 0.717) is 17.5 Å². The molecule has 0 aliphatic carbocycles. The lowest BCUT2D eigenvalue weighted by Crippen LogP contribution is -2.22. The average Bonchev–Trinajstić information content (AvgIpc) is 2.87. The van der Waals surface area contributed by atoms with Crippen LogP contribution in [0.3, 0.4) is 0 Å². The third kappa shape index (κ3) is 1.75. The first-order chi connectivity index (χ1) is 8.77. The molecule has 0 saturated carbocycles. The third-order valence-corrected chi connectivity index (χ3v) is 3.24. The Kier molecular flexibility index (Phi) is 2.72. The molecule has 0 bridgehead atoms. The van der Waals surface area contributed by atoms with Gasteiger partial charge in [-0.1, -0.05) is 12.1 Å². The molecule has 0 radical (unpaired) electrons. The van der Waals surface area contributed by atoms with Crippen LogP contribution in [-0.4, -0.2) is 11.2 Å². The van der Waals surface area contributed by atoms with Gasteiger partial charge in [0, 0.05) is 18.1 Å². The van der Waals surface area contributed by atoms with E-state index < -0.39 is 0 Å². The molecule has 3 rings (SSSR count). The number of rotatable bonds is 1. The predicted octanol–water partition coefficient (Wildman–Crippen LogP) is 1.67. The van der Waals surface area contributed by atoms with Gasteiger partial charge in [0.1, 0.15) is 6.23 Å². The van der Waals surface area contributed by atoms with Crippen LogP contribution >= 0.6 is 0 Å². The summed E-state index contributed by atoms with van der Waals surface area (Å²) >= 11 is 0. The molecule has 2 heterocycles. The standard InChI is InChI=1S/C14H13NO3/c16-12-7-8-13(17)15(14-6-3-9-18-14)11-5-2-1-4-10(11)12/h1-2,4-5,7-8,14H,3,6,9H2. The van der Waals surface area contributed by atoms with E-state index in [1.807, 2.05) is 6.07 Å². The molecule has 18 heavy (non-hydrogen) atoms. The molecule has 1 aliphatic rings. The maximum Gasteiger partial charge on any atom is 0.253 e. The Morgan fingerprint density at radius 2 is 1.94 bits per heavy atom. The Morgan fingerprint density at radius 1 is 1.11 bits per heavy atom. The summed E-state index contributed by atoms with van der Waals surface area (Å²) in [6, 6.07) is 9.81. The van der Waals surface area contributed by atoms with E-state index in [9.17, 15) is 9.59 Å². The lowest BCUT2D eigenvalue weighted by atomic mass is 10.2. The van der Waals surface area contributed by atoms with Gasteiger partial charge in [-0.2, -0.15) is 0 Å². The van der Waals surface area contributed by atoms with Crippen molar-refractivity contribution in [2.45, 2.75) is 19.1 Å². The molecule has 0 amide bonds. The van der Waals surface area contributed by atoms with Crippen LogP contribution < -0.4 is 11.0 Å². The minimum Gasteiger partial charge on any atom is -0.358 e. The van der Waals surface area contributed by atoms with E-state index in [1.54, 1.807) is 22.8 Å². The molecule has 1 unspecified atom stereocenters. The number of hydrogen-bond acceptors (Lipinski definition) is 3. The van der Waals surface area contributed by atoms with Crippen molar-refractivity contribution in [3.05, 3.63) is 57.0 Å². The number of para-hydroxylation sites is 1. The van der Waals surface area contributed by atoms with Gasteiger partial charge in [-0.25, -0.2) is 0 Å². The summed E-state index contributed by atoms with van der Waals surface area (Å²) in [5.74, 6) is 0. The zero-order chi connectivity index (χ0) is 12.5. The minimum atomic E-state index is -0.255. The highest BCUT2D eigenvalue weighted by molar-refractivity contribution is 5.78. The number of aromatic nitrogens is 1. The predicted molar refractivity (Wildman–Crippen MR) is 68.7 cm³/mol. The van der Waals surface area contributed by atoms with E-state index in [4.69, 9.17) is 4.74 Å². The van der Waals surface area contributed by atoms with Crippen molar-refractivity contribution in [3.8, 4) is 0 Å². The van der Waals surface area contributed by atoms with Crippen LogP contribution in [0.4, 0.5) is 0 Å². The Labute approximate surface area is 103 Å². The monoisotopic (exact) mass is 243 g/mol. The fourth-order valence-corrected chi connectivity index (χ4v) is 2.39. The number of hydrogen-bond donors (Lipinski definition) is 0. The fourth-order valence-electron chi connectivity index (χ4n) is 2.39. The van der Waals surface area contributed by atoms with E-state index in [1.165, 1.54) is 12.1 Å². The molecule has 0 N–H and O–H groups in total. The highest BCUT2D eigenvalue weighted by Gasteiger charge is 2.19. The van der Waals surface area contributed by atoms with Crippen LogP contribution in [0.1, 0.15) is 19.1 Å². The van der Waals surface area contributed by atoms with Gasteiger partial charge in [0.25, 0.3) is 5.56 Å². The van der Waals surface area contributed by atoms with Gasteiger partial charge in [0.2, 0.25) is 0 Å². The largest absolute Gasteiger partial charge is 0.358 e. The maximum absolute atomic E-state index is 12.1. The van der Waals surface area contributed by atoms with Gasteiger partial charge in [0.15, 0.2) is 5.43 Å². The summed E-state index contributed by atoms with van der Waals surface area (Å²) < 4.78 is 7.16. The molecule has 4 heteroatoms. The molecule has 1 aromatic heterocycles. The molecular formula is C14H13NO3. The van der Waals surface area contributed by atoms with Crippen molar-refractivity contribution in [3.63, 3.8) is 0 Å². The second-order valence-corrected chi connectivity index (χ2v) is 4.39. The van der Waals surface area contributed by atoms with Crippen molar-refractivity contribution in [1.29, 1.82) is 0 Å². The second-order valence-electron chi connectivity index (χ2n) is 4.39. The normalized spacial score (nSPS) is 19.2. The highest BCUT2D eigenvalue weighted by Crippen LogP contribution is 2.23. The van der Waals surface area contributed by atoms with Crippen LogP contribution in [-0.2, 0) is 4.74 Å². The van der Waals surface area contributed by atoms with Crippen LogP contribution in [0.25, 0.3) is 10.9 Å². The number of nitrogens with zero attached hydrogens (tertiary/aromatic N) is 1. The van der Waals surface area contributed by atoms with Crippen LogP contribution in [0.2, 0.25) is 0 Å². The van der Waals surface area contributed by atoms with Gasteiger partial charge in [0.05, 0.1) is 5.52 Å². The molecule has 1 atom stereocenters. The average molecular weight is 243 g/mol. The van der Waals surface area contributed by atoms with E-state index in [-0.39, 0.29) is 17.2 Å². The third-order valence-electron chi connectivity index (χ3n) is 3.24. The van der Waals surface area contributed by atoms with Gasteiger partial charge >= 0.3 is 0 Å². The lowest BCUT2D eigenvalue weighted by molar-refractivity contribution is 0.0576. The Bertz CT molecular complexity index is 699. The lowest BCUT2D eigenvalue weighted by Gasteiger charge is -2.13. The first-order valence-electron chi connectivity index (χ1n) is 6.03. The van der Waals surface area contributed by atoms with Crippen molar-refractivity contribution in [1.82, 2.24) is 4.57 Å². The molecule has 1 fully saturated rings. The summed E-state index contributed by atoms with van der Waals surface area (Å²) in [5.41, 5.74) is 0.309. The SMILES string of the molecule is O=c1ccc(=O)n(C2CCCO2)c2ccccc12. The molecule has 0 spiro atoms. The molecule has 1 saturated heterocycles. The van der Waals surface area contributed by atoms with Crippen molar-refractivity contribution >= 4 is 10.9 Å². The summed E-state index contributed by atoms with van der Waals surface area (Å²) in [7, 11) is 0. The van der Waals surface area contributed by atoms with E-state index in [2.05, 4.69) is 0 Å². The molecule has 2 aromatic rings. The summed E-state index contributed by atoms with van der Waals surface area (Å²) in [6.07, 6.45) is 1.49. The fraction of sp³-hybridized carbons (Fsp3) is 0.286. The topological polar surface area (TPSA) is 48.3 Å². The summed E-state index contributed by atoms with van der Waals surface area (Å²) in [4.78, 5) is 24.0. The van der Waals surface area contributed by atoms with Gasteiger partial charge in [-0.15, -0.1) is 0 Å². The Morgan fingerprint density at radius 3 is 2.72 bits per heavy atom. The highest BCUT2D eigenvalue weighted by atomic mass is 16.5. The van der Waals surface area contributed by atoms with Crippen LogP contribution in [0.5, 0.6) is 0 Å². The summed E-state index contributed by atoms with van der Waals surface area (Å²) in [6.45, 7) is 0.661. The zero-order valence-corrected chi connectivity index (χ0v) is 9.83. The molecule has 92 valence electrons.